The topological polar surface area (TPSA) is 93.1 Å². The molecule has 0 amide bonds. The van der Waals surface area contributed by atoms with Gasteiger partial charge in [-0.15, -0.1) is 0 Å². The van der Waals surface area contributed by atoms with Crippen LogP contribution in [-0.4, -0.2) is 22.2 Å². The number of fused-ring (bicyclic) bond motifs is 1. The van der Waals surface area contributed by atoms with Gasteiger partial charge >= 0.3 is 11.9 Å². The molecule has 0 radical (unpaired) electrons. The molecule has 4 aromatic rings. The van der Waals surface area contributed by atoms with Gasteiger partial charge in [0.05, 0.1) is 11.1 Å². The first-order chi connectivity index (χ1) is 19.3. The van der Waals surface area contributed by atoms with Gasteiger partial charge in [0.2, 0.25) is 0 Å². The van der Waals surface area contributed by atoms with Gasteiger partial charge in [-0.2, -0.15) is 0 Å². The lowest BCUT2D eigenvalue weighted by Gasteiger charge is -2.57. The highest BCUT2D eigenvalue weighted by Crippen LogP contribution is 2.62. The van der Waals surface area contributed by atoms with E-state index in [2.05, 4.69) is 18.2 Å². The molecule has 4 aliphatic rings. The van der Waals surface area contributed by atoms with Crippen molar-refractivity contribution in [3.05, 3.63) is 95.6 Å². The van der Waals surface area contributed by atoms with E-state index in [-0.39, 0.29) is 16.5 Å². The number of hydrogen-bond acceptors (Lipinski definition) is 4. The summed E-state index contributed by atoms with van der Waals surface area (Å²) < 4.78 is 12.6. The van der Waals surface area contributed by atoms with E-state index in [9.17, 15) is 14.7 Å². The second kappa shape index (κ2) is 9.40. The summed E-state index contributed by atoms with van der Waals surface area (Å²) in [5.74, 6) is 3.06. The van der Waals surface area contributed by atoms with E-state index < -0.39 is 11.9 Å². The summed E-state index contributed by atoms with van der Waals surface area (Å²) in [5, 5.41) is 20.6. The van der Waals surface area contributed by atoms with E-state index in [0.29, 0.717) is 17.2 Å². The molecule has 0 unspecified atom stereocenters. The average molecular weight is 535 g/mol. The third kappa shape index (κ3) is 4.47. The van der Waals surface area contributed by atoms with Crippen molar-refractivity contribution in [2.45, 2.75) is 43.9 Å². The third-order valence-corrected chi connectivity index (χ3v) is 9.19. The van der Waals surface area contributed by atoms with Crippen molar-refractivity contribution >= 4 is 22.7 Å². The largest absolute Gasteiger partial charge is 0.478 e. The molecule has 0 heterocycles. The molecule has 40 heavy (non-hydrogen) atoms. The maximum absolute atomic E-state index is 11.4. The monoisotopic (exact) mass is 534 g/mol. The lowest BCUT2D eigenvalue weighted by Crippen LogP contribution is -2.48. The first-order valence-electron chi connectivity index (χ1n) is 13.9. The Balaban J connectivity index is 1.27. The number of aromatic carboxylic acids is 2. The minimum absolute atomic E-state index is 0.111. The highest BCUT2D eigenvalue weighted by molar-refractivity contribution is 5.89. The SMILES string of the molecule is O=C(O)c1ccc(Oc2ccc3cc(C45CC6CC(CC(C6)C4)C5)c(Oc4ccc(C(=O)O)cc4)cc3c2)cc1. The van der Waals surface area contributed by atoms with Crippen LogP contribution >= 0.6 is 0 Å². The predicted octanol–water partition coefficient (Wildman–Crippen LogP) is 8.29. The molecule has 0 atom stereocenters. The molecular weight excluding hydrogens is 504 g/mol. The van der Waals surface area contributed by atoms with Gasteiger partial charge in [0.15, 0.2) is 0 Å². The number of carboxylic acid groups (broad SMARTS) is 2. The van der Waals surface area contributed by atoms with Crippen LogP contribution < -0.4 is 9.47 Å². The molecule has 6 heteroatoms. The van der Waals surface area contributed by atoms with Crippen LogP contribution in [0, 0.1) is 17.8 Å². The zero-order chi connectivity index (χ0) is 27.4. The number of benzene rings is 4. The van der Waals surface area contributed by atoms with E-state index in [1.165, 1.54) is 56.2 Å². The van der Waals surface area contributed by atoms with Crippen LogP contribution in [0.2, 0.25) is 0 Å². The Hall–Kier alpha value is -4.32. The van der Waals surface area contributed by atoms with E-state index in [1.807, 2.05) is 12.1 Å². The molecule has 0 aromatic heterocycles. The fourth-order valence-corrected chi connectivity index (χ4v) is 7.85. The van der Waals surface area contributed by atoms with Gasteiger partial charge in [-0.1, -0.05) is 6.07 Å². The van der Waals surface area contributed by atoms with Crippen molar-refractivity contribution in [2.24, 2.45) is 17.8 Å². The van der Waals surface area contributed by atoms with Gasteiger partial charge in [-0.3, -0.25) is 0 Å². The van der Waals surface area contributed by atoms with E-state index in [0.717, 1.165) is 34.3 Å². The number of carboxylic acids is 2. The predicted molar refractivity (Wildman–Crippen MR) is 151 cm³/mol. The Kier molecular flexibility index (Phi) is 5.81. The van der Waals surface area contributed by atoms with Crippen molar-refractivity contribution in [1.29, 1.82) is 0 Å². The zero-order valence-electron chi connectivity index (χ0n) is 22.0. The maximum Gasteiger partial charge on any atom is 0.335 e. The van der Waals surface area contributed by atoms with Gasteiger partial charge in [-0.25, -0.2) is 9.59 Å². The Morgan fingerprint density at radius 3 is 1.62 bits per heavy atom. The van der Waals surface area contributed by atoms with Crippen LogP contribution in [0.5, 0.6) is 23.0 Å². The summed E-state index contributed by atoms with van der Waals surface area (Å²) in [6.07, 6.45) is 7.67. The van der Waals surface area contributed by atoms with Crippen LogP contribution in [0.1, 0.15) is 64.8 Å². The molecule has 0 aliphatic heterocycles. The number of rotatable bonds is 7. The van der Waals surface area contributed by atoms with E-state index >= 15 is 0 Å². The van der Waals surface area contributed by atoms with Crippen molar-refractivity contribution < 1.29 is 29.3 Å². The summed E-state index contributed by atoms with van der Waals surface area (Å²) in [7, 11) is 0. The molecule has 4 aliphatic carbocycles. The molecule has 4 aromatic carbocycles. The van der Waals surface area contributed by atoms with Crippen LogP contribution in [0.25, 0.3) is 10.8 Å². The quantitative estimate of drug-likeness (QED) is 0.248. The minimum Gasteiger partial charge on any atom is -0.478 e. The van der Waals surface area contributed by atoms with Gasteiger partial charge in [-0.05, 0) is 145 Å². The maximum atomic E-state index is 11.4. The second-order valence-corrected chi connectivity index (χ2v) is 11.9. The average Bonchev–Trinajstić information content (AvgIpc) is 2.92. The highest BCUT2D eigenvalue weighted by atomic mass is 16.5. The Bertz CT molecular complexity index is 1580. The number of carbonyl (C=O) groups is 2. The Morgan fingerprint density at radius 1 is 0.600 bits per heavy atom. The van der Waals surface area contributed by atoms with Crippen LogP contribution in [0.3, 0.4) is 0 Å². The molecule has 2 N–H and O–H groups in total. The first kappa shape index (κ1) is 24.7. The number of hydrogen-bond donors (Lipinski definition) is 2. The highest BCUT2D eigenvalue weighted by Gasteiger charge is 2.52. The summed E-state index contributed by atoms with van der Waals surface area (Å²) in [5.41, 5.74) is 1.81. The summed E-state index contributed by atoms with van der Waals surface area (Å²) in [4.78, 5) is 22.5. The lowest BCUT2D eigenvalue weighted by molar-refractivity contribution is -0.00592. The summed E-state index contributed by atoms with van der Waals surface area (Å²) in [6.45, 7) is 0. The van der Waals surface area contributed by atoms with Gasteiger partial charge in [0.25, 0.3) is 0 Å². The van der Waals surface area contributed by atoms with Crippen molar-refractivity contribution in [3.8, 4) is 23.0 Å². The van der Waals surface area contributed by atoms with Gasteiger partial charge < -0.3 is 19.7 Å². The zero-order valence-corrected chi connectivity index (χ0v) is 22.0. The van der Waals surface area contributed by atoms with Gasteiger partial charge in [0, 0.05) is 5.56 Å². The van der Waals surface area contributed by atoms with Crippen LogP contribution in [-0.2, 0) is 5.41 Å². The Morgan fingerprint density at radius 2 is 1.10 bits per heavy atom. The smallest absolute Gasteiger partial charge is 0.335 e. The molecule has 4 saturated carbocycles. The van der Waals surface area contributed by atoms with Crippen LogP contribution in [0.4, 0.5) is 0 Å². The first-order valence-corrected chi connectivity index (χ1v) is 13.9. The van der Waals surface area contributed by atoms with Crippen molar-refractivity contribution in [1.82, 2.24) is 0 Å². The third-order valence-electron chi connectivity index (χ3n) is 9.19. The minimum atomic E-state index is -0.975. The lowest BCUT2D eigenvalue weighted by atomic mass is 9.48. The van der Waals surface area contributed by atoms with Gasteiger partial charge in [0.1, 0.15) is 23.0 Å². The van der Waals surface area contributed by atoms with Crippen molar-refractivity contribution in [2.75, 3.05) is 0 Å². The molecule has 0 spiro atoms. The fourth-order valence-electron chi connectivity index (χ4n) is 7.85. The Labute approximate surface area is 232 Å². The second-order valence-electron chi connectivity index (χ2n) is 11.9. The summed E-state index contributed by atoms with van der Waals surface area (Å²) >= 11 is 0. The molecule has 4 fully saturated rings. The normalized spacial score (nSPS) is 24.6. The molecule has 202 valence electrons. The number of ether oxygens (including phenoxy) is 2. The fraction of sp³-hybridized carbons (Fsp3) is 0.294. The molecule has 8 rings (SSSR count). The molecule has 0 saturated heterocycles. The van der Waals surface area contributed by atoms with E-state index in [1.54, 1.807) is 36.4 Å². The molecule has 6 nitrogen and oxygen atoms in total. The van der Waals surface area contributed by atoms with Crippen molar-refractivity contribution in [3.63, 3.8) is 0 Å². The molecule has 4 bridgehead atoms. The molecular formula is C34H30O6. The standard InChI is InChI=1S/C34H30O6/c35-32(36)23-1-6-27(7-2-23)39-29-10-5-25-15-30(34-17-20-11-21(18-34)13-22(12-20)19-34)31(16-26(25)14-29)40-28-8-3-24(4-9-28)33(37)38/h1-10,14-16,20-22H,11-13,17-19H2,(H,35,36)(H,37,38). The summed E-state index contributed by atoms with van der Waals surface area (Å²) in [6, 6.07) is 23.3. The van der Waals surface area contributed by atoms with E-state index in [4.69, 9.17) is 14.6 Å². The van der Waals surface area contributed by atoms with Crippen LogP contribution in [0.15, 0.2) is 78.9 Å².